The fourth-order valence-corrected chi connectivity index (χ4v) is 2.06. The molecule has 2 rings (SSSR count). The van der Waals surface area contributed by atoms with Crippen LogP contribution < -0.4 is 5.32 Å². The Balaban J connectivity index is 1.93. The second-order valence-corrected chi connectivity index (χ2v) is 5.10. The number of ether oxygens (including phenoxy) is 1. The minimum Gasteiger partial charge on any atom is -0.452 e. The van der Waals surface area contributed by atoms with Gasteiger partial charge in [-0.1, -0.05) is 0 Å². The number of carbonyl (C=O) groups is 2. The number of nitro groups is 1. The molecule has 0 aliphatic carbocycles. The molecule has 0 spiro atoms. The number of nitrogens with zero attached hydrogens (tertiary/aromatic N) is 3. The number of aromatic nitrogens is 2. The van der Waals surface area contributed by atoms with Gasteiger partial charge in [-0.3, -0.25) is 19.6 Å². The highest BCUT2D eigenvalue weighted by atomic mass is 16.6. The van der Waals surface area contributed by atoms with Crippen molar-refractivity contribution in [2.24, 2.45) is 7.05 Å². The highest BCUT2D eigenvalue weighted by Gasteiger charge is 2.15. The van der Waals surface area contributed by atoms with E-state index in [0.29, 0.717) is 11.4 Å². The van der Waals surface area contributed by atoms with Crippen LogP contribution in [0.4, 0.5) is 11.4 Å². The normalized spacial score (nSPS) is 10.3. The summed E-state index contributed by atoms with van der Waals surface area (Å²) in [7, 11) is 1.76. The Bertz CT molecular complexity index is 795. The number of nitro benzene ring substituents is 1. The van der Waals surface area contributed by atoms with Crippen molar-refractivity contribution in [3.63, 3.8) is 0 Å². The number of benzene rings is 1. The predicted octanol–water partition coefficient (Wildman–Crippen LogP) is 1.74. The summed E-state index contributed by atoms with van der Waals surface area (Å²) < 4.78 is 6.53. The summed E-state index contributed by atoms with van der Waals surface area (Å²) in [5, 5.41) is 17.4. The summed E-state index contributed by atoms with van der Waals surface area (Å²) in [5.41, 5.74) is 2.01. The maximum Gasteiger partial charge on any atom is 0.338 e. The molecule has 1 amide bonds. The van der Waals surface area contributed by atoms with Crippen LogP contribution in [0.15, 0.2) is 24.3 Å². The first-order valence-corrected chi connectivity index (χ1v) is 7.01. The third-order valence-electron chi connectivity index (χ3n) is 3.42. The molecular weight excluding hydrogens is 316 g/mol. The third kappa shape index (κ3) is 3.75. The fourth-order valence-electron chi connectivity index (χ4n) is 2.06. The van der Waals surface area contributed by atoms with Gasteiger partial charge in [-0.2, -0.15) is 5.10 Å². The number of nitrogens with one attached hydrogen (secondary N) is 1. The van der Waals surface area contributed by atoms with Crippen LogP contribution >= 0.6 is 0 Å². The molecule has 1 aromatic heterocycles. The van der Waals surface area contributed by atoms with Gasteiger partial charge in [-0.25, -0.2) is 4.79 Å². The first kappa shape index (κ1) is 17.1. The molecule has 0 saturated carbocycles. The largest absolute Gasteiger partial charge is 0.452 e. The van der Waals surface area contributed by atoms with Gasteiger partial charge in [0.05, 0.1) is 27.6 Å². The van der Waals surface area contributed by atoms with Gasteiger partial charge in [0, 0.05) is 19.2 Å². The summed E-state index contributed by atoms with van der Waals surface area (Å²) in [6.45, 7) is 3.09. The van der Waals surface area contributed by atoms with Crippen LogP contribution in [0.1, 0.15) is 21.7 Å². The lowest BCUT2D eigenvalue weighted by atomic mass is 10.2. The number of rotatable bonds is 5. The summed E-state index contributed by atoms with van der Waals surface area (Å²) >= 11 is 0. The summed E-state index contributed by atoms with van der Waals surface area (Å²) in [6, 6.07) is 4.93. The molecule has 1 heterocycles. The van der Waals surface area contributed by atoms with Crippen LogP contribution in [0.3, 0.4) is 0 Å². The van der Waals surface area contributed by atoms with E-state index in [0.717, 1.165) is 5.69 Å². The van der Waals surface area contributed by atoms with Crippen molar-refractivity contribution in [1.29, 1.82) is 0 Å². The number of hydrogen-bond acceptors (Lipinski definition) is 6. The highest BCUT2D eigenvalue weighted by Crippen LogP contribution is 2.18. The molecule has 2 aromatic rings. The number of aryl methyl sites for hydroxylation is 2. The molecule has 9 heteroatoms. The smallest absolute Gasteiger partial charge is 0.338 e. The highest BCUT2D eigenvalue weighted by molar-refractivity contribution is 5.96. The molecule has 0 fully saturated rings. The van der Waals surface area contributed by atoms with E-state index in [9.17, 15) is 19.7 Å². The number of carbonyl (C=O) groups excluding carboxylic acids is 2. The molecule has 0 unspecified atom stereocenters. The Kier molecular flexibility index (Phi) is 4.93. The zero-order valence-electron chi connectivity index (χ0n) is 13.4. The maximum absolute atomic E-state index is 11.9. The number of anilines is 1. The van der Waals surface area contributed by atoms with Crippen LogP contribution in [-0.4, -0.2) is 33.2 Å². The SMILES string of the molecule is Cc1nn(C)c(C)c1NC(=O)COC(=O)c1ccc([N+](=O)[O-])cc1. The van der Waals surface area contributed by atoms with E-state index in [2.05, 4.69) is 10.4 Å². The van der Waals surface area contributed by atoms with Crippen molar-refractivity contribution in [2.75, 3.05) is 11.9 Å². The van der Waals surface area contributed by atoms with Gasteiger partial charge in [0.15, 0.2) is 6.61 Å². The maximum atomic E-state index is 11.9. The Morgan fingerprint density at radius 1 is 1.29 bits per heavy atom. The Labute approximate surface area is 137 Å². The predicted molar refractivity (Wildman–Crippen MR) is 84.7 cm³/mol. The molecule has 9 nitrogen and oxygen atoms in total. The Morgan fingerprint density at radius 2 is 1.92 bits per heavy atom. The van der Waals surface area contributed by atoms with Gasteiger partial charge in [0.2, 0.25) is 0 Å². The van der Waals surface area contributed by atoms with Crippen molar-refractivity contribution in [3.8, 4) is 0 Å². The summed E-state index contributed by atoms with van der Waals surface area (Å²) in [4.78, 5) is 33.7. The molecule has 0 aliphatic rings. The van der Waals surface area contributed by atoms with E-state index >= 15 is 0 Å². The lowest BCUT2D eigenvalue weighted by Gasteiger charge is -2.07. The average Bonchev–Trinajstić information content (AvgIpc) is 2.79. The third-order valence-corrected chi connectivity index (χ3v) is 3.42. The van der Waals surface area contributed by atoms with Crippen LogP contribution in [0.2, 0.25) is 0 Å². The first-order chi connectivity index (χ1) is 11.3. The van der Waals surface area contributed by atoms with Crippen LogP contribution in [-0.2, 0) is 16.6 Å². The molecule has 24 heavy (non-hydrogen) atoms. The van der Waals surface area contributed by atoms with Crippen LogP contribution in [0.5, 0.6) is 0 Å². The topological polar surface area (TPSA) is 116 Å². The monoisotopic (exact) mass is 332 g/mol. The molecule has 0 bridgehead atoms. The van der Waals surface area contributed by atoms with Crippen LogP contribution in [0.25, 0.3) is 0 Å². The molecule has 126 valence electrons. The number of esters is 1. The second kappa shape index (κ2) is 6.90. The molecule has 0 atom stereocenters. The van der Waals surface area contributed by atoms with Gasteiger partial charge in [0.25, 0.3) is 11.6 Å². The minimum atomic E-state index is -0.736. The quantitative estimate of drug-likeness (QED) is 0.506. The molecule has 1 aromatic carbocycles. The van der Waals surface area contributed by atoms with Gasteiger partial charge in [-0.05, 0) is 26.0 Å². The lowest BCUT2D eigenvalue weighted by molar-refractivity contribution is -0.384. The van der Waals surface area contributed by atoms with Gasteiger partial charge >= 0.3 is 5.97 Å². The number of amides is 1. The van der Waals surface area contributed by atoms with E-state index in [1.807, 2.05) is 0 Å². The van der Waals surface area contributed by atoms with Gasteiger partial charge in [-0.15, -0.1) is 0 Å². The number of non-ortho nitro benzene ring substituents is 1. The van der Waals surface area contributed by atoms with Crippen molar-refractivity contribution in [2.45, 2.75) is 13.8 Å². The van der Waals surface area contributed by atoms with Gasteiger partial charge < -0.3 is 10.1 Å². The average molecular weight is 332 g/mol. The molecular formula is C15H16N4O5. The molecule has 0 radical (unpaired) electrons. The number of hydrogen-bond donors (Lipinski definition) is 1. The fraction of sp³-hybridized carbons (Fsp3) is 0.267. The zero-order chi connectivity index (χ0) is 17.9. The summed E-state index contributed by atoms with van der Waals surface area (Å²) in [6.07, 6.45) is 0. The standard InChI is InChI=1S/C15H16N4O5/c1-9-14(10(2)18(3)17-9)16-13(20)8-24-15(21)11-4-6-12(7-5-11)19(22)23/h4-7H,8H2,1-3H3,(H,16,20). The zero-order valence-corrected chi connectivity index (χ0v) is 13.4. The van der Waals surface area contributed by atoms with E-state index in [1.54, 1.807) is 25.6 Å². The molecule has 0 saturated heterocycles. The van der Waals surface area contributed by atoms with E-state index < -0.39 is 23.4 Å². The van der Waals surface area contributed by atoms with Crippen molar-refractivity contribution in [1.82, 2.24) is 9.78 Å². The van der Waals surface area contributed by atoms with E-state index in [-0.39, 0.29) is 11.3 Å². The Hall–Kier alpha value is -3.23. The van der Waals surface area contributed by atoms with Gasteiger partial charge in [0.1, 0.15) is 0 Å². The molecule has 0 aliphatic heterocycles. The molecule has 1 N–H and O–H groups in total. The second-order valence-electron chi connectivity index (χ2n) is 5.10. The lowest BCUT2D eigenvalue weighted by Crippen LogP contribution is -2.21. The Morgan fingerprint density at radius 3 is 2.42 bits per heavy atom. The minimum absolute atomic E-state index is 0.127. The summed E-state index contributed by atoms with van der Waals surface area (Å²) in [5.74, 6) is -1.23. The van der Waals surface area contributed by atoms with Crippen molar-refractivity contribution < 1.29 is 19.2 Å². The van der Waals surface area contributed by atoms with Crippen molar-refractivity contribution >= 4 is 23.3 Å². The van der Waals surface area contributed by atoms with E-state index in [4.69, 9.17) is 4.74 Å². The van der Waals surface area contributed by atoms with E-state index in [1.165, 1.54) is 24.3 Å². The first-order valence-electron chi connectivity index (χ1n) is 7.01. The van der Waals surface area contributed by atoms with Crippen LogP contribution in [0, 0.1) is 24.0 Å². The van der Waals surface area contributed by atoms with Crippen molar-refractivity contribution in [3.05, 3.63) is 51.3 Å².